The van der Waals surface area contributed by atoms with E-state index in [1.807, 2.05) is 19.1 Å². The zero-order valence-corrected chi connectivity index (χ0v) is 13.4. The molecule has 0 aromatic heterocycles. The molecule has 23 heavy (non-hydrogen) atoms. The first kappa shape index (κ1) is 18.5. The molecule has 0 saturated carbocycles. The van der Waals surface area contributed by atoms with Gasteiger partial charge in [0, 0.05) is 5.69 Å². The Labute approximate surface area is 134 Å². The number of carboxylic acids is 2. The molecule has 7 heteroatoms. The van der Waals surface area contributed by atoms with E-state index in [9.17, 15) is 14.4 Å². The fraction of sp³-hybridized carbons (Fsp3) is 0.438. The highest BCUT2D eigenvalue weighted by molar-refractivity contribution is 5.91. The van der Waals surface area contributed by atoms with Gasteiger partial charge in [-0.15, -0.1) is 0 Å². The van der Waals surface area contributed by atoms with Crippen LogP contribution in [0, 0.1) is 12.8 Å². The number of carbonyl (C=O) groups excluding carboxylic acids is 1. The number of anilines is 1. The summed E-state index contributed by atoms with van der Waals surface area (Å²) in [5.41, 5.74) is 1.49. The maximum absolute atomic E-state index is 12.3. The molecule has 0 bridgehead atoms. The minimum Gasteiger partial charge on any atom is -0.481 e. The molecule has 1 rings (SSSR count). The molecule has 1 aromatic rings. The van der Waals surface area contributed by atoms with E-state index in [-0.39, 0.29) is 5.92 Å². The van der Waals surface area contributed by atoms with E-state index in [0.29, 0.717) is 5.69 Å². The lowest BCUT2D eigenvalue weighted by Gasteiger charge is -2.23. The van der Waals surface area contributed by atoms with Crippen molar-refractivity contribution >= 4 is 23.5 Å². The van der Waals surface area contributed by atoms with E-state index in [1.54, 1.807) is 26.0 Å². The normalized spacial score (nSPS) is 13.2. The van der Waals surface area contributed by atoms with Crippen molar-refractivity contribution in [2.45, 2.75) is 39.3 Å². The quantitative estimate of drug-likeness (QED) is 0.576. The summed E-state index contributed by atoms with van der Waals surface area (Å²) in [4.78, 5) is 34.5. The molecule has 0 saturated heterocycles. The molecule has 7 nitrogen and oxygen atoms in total. The number of carbonyl (C=O) groups is 3. The van der Waals surface area contributed by atoms with Gasteiger partial charge in [0.05, 0.1) is 6.42 Å². The molecule has 0 spiro atoms. The van der Waals surface area contributed by atoms with E-state index < -0.39 is 36.4 Å². The monoisotopic (exact) mass is 322 g/mol. The Hall–Kier alpha value is -2.57. The van der Waals surface area contributed by atoms with Crippen LogP contribution < -0.4 is 10.6 Å². The molecule has 0 heterocycles. The molecule has 0 aliphatic carbocycles. The highest BCUT2D eigenvalue weighted by Crippen LogP contribution is 2.16. The predicted molar refractivity (Wildman–Crippen MR) is 85.2 cm³/mol. The summed E-state index contributed by atoms with van der Waals surface area (Å²) in [6.45, 7) is 5.16. The van der Waals surface area contributed by atoms with Crippen LogP contribution in [0.2, 0.25) is 0 Å². The van der Waals surface area contributed by atoms with Crippen molar-refractivity contribution in [3.05, 3.63) is 29.8 Å². The number of nitrogens with one attached hydrogen (secondary N) is 2. The van der Waals surface area contributed by atoms with E-state index in [4.69, 9.17) is 10.2 Å². The average Bonchev–Trinajstić information content (AvgIpc) is 2.44. The zero-order chi connectivity index (χ0) is 17.6. The smallest absolute Gasteiger partial charge is 0.326 e. The molecule has 0 unspecified atom stereocenters. The number of aryl methyl sites for hydroxylation is 1. The summed E-state index contributed by atoms with van der Waals surface area (Å²) < 4.78 is 0. The van der Waals surface area contributed by atoms with Crippen molar-refractivity contribution in [2.75, 3.05) is 5.32 Å². The van der Waals surface area contributed by atoms with Crippen molar-refractivity contribution in [1.29, 1.82) is 0 Å². The van der Waals surface area contributed by atoms with Crippen molar-refractivity contribution in [1.82, 2.24) is 5.32 Å². The van der Waals surface area contributed by atoms with Crippen molar-refractivity contribution in [2.24, 2.45) is 5.92 Å². The average molecular weight is 322 g/mol. The number of carboxylic acid groups (broad SMARTS) is 2. The lowest BCUT2D eigenvalue weighted by atomic mass is 10.0. The molecular formula is C16H22N2O5. The third-order valence-corrected chi connectivity index (χ3v) is 3.40. The number of hydrogen-bond donors (Lipinski definition) is 4. The Morgan fingerprint density at radius 2 is 1.74 bits per heavy atom. The van der Waals surface area contributed by atoms with E-state index in [0.717, 1.165) is 5.56 Å². The van der Waals surface area contributed by atoms with Gasteiger partial charge in [-0.2, -0.15) is 0 Å². The van der Waals surface area contributed by atoms with Gasteiger partial charge in [0.1, 0.15) is 12.1 Å². The summed E-state index contributed by atoms with van der Waals surface area (Å²) in [6.07, 6.45) is -0.454. The number of rotatable bonds is 8. The summed E-state index contributed by atoms with van der Waals surface area (Å²) in [6, 6.07) is 5.01. The largest absolute Gasteiger partial charge is 0.481 e. The van der Waals surface area contributed by atoms with Crippen molar-refractivity contribution < 1.29 is 24.6 Å². The molecule has 4 N–H and O–H groups in total. The van der Waals surface area contributed by atoms with Crippen LogP contribution in [0.15, 0.2) is 24.3 Å². The van der Waals surface area contributed by atoms with Gasteiger partial charge in [-0.05, 0) is 24.5 Å². The summed E-state index contributed by atoms with van der Waals surface area (Å²) in [7, 11) is 0. The van der Waals surface area contributed by atoms with Gasteiger partial charge in [0.15, 0.2) is 0 Å². The second-order valence-corrected chi connectivity index (χ2v) is 5.68. The molecule has 0 fully saturated rings. The van der Waals surface area contributed by atoms with E-state index in [2.05, 4.69) is 10.6 Å². The lowest BCUT2D eigenvalue weighted by Crippen LogP contribution is -2.50. The van der Waals surface area contributed by atoms with Gasteiger partial charge < -0.3 is 20.8 Å². The fourth-order valence-electron chi connectivity index (χ4n) is 2.07. The maximum atomic E-state index is 12.3. The van der Waals surface area contributed by atoms with Crippen LogP contribution in [0.3, 0.4) is 0 Å². The van der Waals surface area contributed by atoms with Crippen molar-refractivity contribution in [3.8, 4) is 0 Å². The lowest BCUT2D eigenvalue weighted by molar-refractivity contribution is -0.143. The standard InChI is InChI=1S/C16H22N2O5/c1-9(2)14(16(22)23)18-15(21)12(8-13(19)20)17-11-7-5-4-6-10(11)3/h4-7,9,12,14,17H,8H2,1-3H3,(H,18,21)(H,19,20)(H,22,23)/t12-,14-/m0/s1. The maximum Gasteiger partial charge on any atom is 0.326 e. The number of amides is 1. The van der Waals surface area contributed by atoms with Crippen LogP contribution in [-0.4, -0.2) is 40.1 Å². The van der Waals surface area contributed by atoms with Crippen LogP contribution in [0.5, 0.6) is 0 Å². The molecule has 0 radical (unpaired) electrons. The summed E-state index contributed by atoms with van der Waals surface area (Å²) >= 11 is 0. The molecular weight excluding hydrogens is 300 g/mol. The van der Waals surface area contributed by atoms with Crippen LogP contribution in [0.4, 0.5) is 5.69 Å². The van der Waals surface area contributed by atoms with Crippen LogP contribution >= 0.6 is 0 Å². The van der Waals surface area contributed by atoms with Crippen molar-refractivity contribution in [3.63, 3.8) is 0 Å². The van der Waals surface area contributed by atoms with Gasteiger partial charge in [-0.1, -0.05) is 32.0 Å². The Morgan fingerprint density at radius 1 is 1.13 bits per heavy atom. The first-order chi connectivity index (χ1) is 10.7. The Bertz CT molecular complexity index is 586. The topological polar surface area (TPSA) is 116 Å². The van der Waals surface area contributed by atoms with Gasteiger partial charge in [-0.25, -0.2) is 4.79 Å². The van der Waals surface area contributed by atoms with Gasteiger partial charge in [-0.3, -0.25) is 9.59 Å². The molecule has 1 amide bonds. The highest BCUT2D eigenvalue weighted by Gasteiger charge is 2.29. The Kier molecular flexibility index (Phi) is 6.56. The molecule has 1 aromatic carbocycles. The first-order valence-electron chi connectivity index (χ1n) is 7.29. The predicted octanol–water partition coefficient (Wildman–Crippen LogP) is 1.48. The third kappa shape index (κ3) is 5.61. The highest BCUT2D eigenvalue weighted by atomic mass is 16.4. The molecule has 0 aliphatic heterocycles. The fourth-order valence-corrected chi connectivity index (χ4v) is 2.07. The molecule has 126 valence electrons. The summed E-state index contributed by atoms with van der Waals surface area (Å²) in [5, 5.41) is 23.4. The zero-order valence-electron chi connectivity index (χ0n) is 13.4. The van der Waals surface area contributed by atoms with Gasteiger partial charge in [0.2, 0.25) is 5.91 Å². The Balaban J connectivity index is 2.92. The minimum absolute atomic E-state index is 0.319. The summed E-state index contributed by atoms with van der Waals surface area (Å²) in [5.74, 6) is -3.28. The number of para-hydroxylation sites is 1. The van der Waals surface area contributed by atoms with E-state index in [1.165, 1.54) is 0 Å². The van der Waals surface area contributed by atoms with Crippen LogP contribution in [0.25, 0.3) is 0 Å². The number of benzene rings is 1. The molecule has 0 aliphatic rings. The van der Waals surface area contributed by atoms with Gasteiger partial charge >= 0.3 is 11.9 Å². The van der Waals surface area contributed by atoms with E-state index >= 15 is 0 Å². The number of hydrogen-bond acceptors (Lipinski definition) is 4. The van der Waals surface area contributed by atoms with Crippen LogP contribution in [-0.2, 0) is 14.4 Å². The third-order valence-electron chi connectivity index (χ3n) is 3.40. The SMILES string of the molecule is Cc1ccccc1N[C@@H](CC(=O)O)C(=O)N[C@H](C(=O)O)C(C)C. The second kappa shape index (κ2) is 8.17. The Morgan fingerprint density at radius 3 is 2.22 bits per heavy atom. The van der Waals surface area contributed by atoms with Crippen LogP contribution in [0.1, 0.15) is 25.8 Å². The minimum atomic E-state index is -1.15. The first-order valence-corrected chi connectivity index (χ1v) is 7.29. The number of aliphatic carboxylic acids is 2. The second-order valence-electron chi connectivity index (χ2n) is 5.68. The molecule has 2 atom stereocenters. The van der Waals surface area contributed by atoms with Gasteiger partial charge in [0.25, 0.3) is 0 Å².